The third kappa shape index (κ3) is 3.07. The quantitative estimate of drug-likeness (QED) is 0.761. The number of nitrogens with zero attached hydrogens (tertiary/aromatic N) is 3. The number of fused-ring (bicyclic) bond motifs is 1. The summed E-state index contributed by atoms with van der Waals surface area (Å²) in [4.78, 5) is 26.4. The highest BCUT2D eigenvalue weighted by Crippen LogP contribution is 2.31. The van der Waals surface area contributed by atoms with Crippen molar-refractivity contribution in [3.05, 3.63) is 71.0 Å². The Labute approximate surface area is 163 Å². The van der Waals surface area contributed by atoms with E-state index >= 15 is 0 Å². The molecule has 3 aromatic rings. The fourth-order valence-electron chi connectivity index (χ4n) is 3.79. The van der Waals surface area contributed by atoms with Crippen LogP contribution in [0, 0.1) is 13.8 Å². The Morgan fingerprint density at radius 2 is 1.82 bits per heavy atom. The van der Waals surface area contributed by atoms with E-state index in [9.17, 15) is 9.59 Å². The van der Waals surface area contributed by atoms with E-state index in [1.54, 1.807) is 16.5 Å². The zero-order valence-electron chi connectivity index (χ0n) is 16.2. The SMILES string of the molecule is CC(=O)N1CCc2cc(NC(=O)c3c(C)nn(-c4ccccc4)c3C)ccc21. The summed E-state index contributed by atoms with van der Waals surface area (Å²) < 4.78 is 1.79. The molecule has 0 atom stereocenters. The third-order valence-corrected chi connectivity index (χ3v) is 5.13. The lowest BCUT2D eigenvalue weighted by atomic mass is 10.1. The van der Waals surface area contributed by atoms with Gasteiger partial charge in [-0.1, -0.05) is 18.2 Å². The van der Waals surface area contributed by atoms with Gasteiger partial charge in [0.15, 0.2) is 0 Å². The minimum absolute atomic E-state index is 0.0371. The molecule has 0 saturated carbocycles. The summed E-state index contributed by atoms with van der Waals surface area (Å²) >= 11 is 0. The molecule has 4 rings (SSSR count). The van der Waals surface area contributed by atoms with E-state index in [0.29, 0.717) is 17.8 Å². The molecule has 0 radical (unpaired) electrons. The monoisotopic (exact) mass is 374 g/mol. The zero-order valence-corrected chi connectivity index (χ0v) is 16.2. The molecule has 0 saturated heterocycles. The van der Waals surface area contributed by atoms with Gasteiger partial charge in [0.2, 0.25) is 5.91 Å². The smallest absolute Gasteiger partial charge is 0.259 e. The van der Waals surface area contributed by atoms with Crippen LogP contribution in [0.2, 0.25) is 0 Å². The molecule has 142 valence electrons. The maximum Gasteiger partial charge on any atom is 0.259 e. The van der Waals surface area contributed by atoms with Gasteiger partial charge in [-0.05, 0) is 56.2 Å². The summed E-state index contributed by atoms with van der Waals surface area (Å²) in [6.07, 6.45) is 0.794. The van der Waals surface area contributed by atoms with Crippen molar-refractivity contribution < 1.29 is 9.59 Å². The number of rotatable bonds is 3. The molecule has 6 heteroatoms. The molecule has 1 aliphatic rings. The maximum atomic E-state index is 12.9. The van der Waals surface area contributed by atoms with E-state index in [1.807, 2.05) is 62.4 Å². The van der Waals surface area contributed by atoms with Crippen molar-refractivity contribution in [3.8, 4) is 5.69 Å². The Bertz CT molecular complexity index is 1070. The molecule has 1 aliphatic heterocycles. The van der Waals surface area contributed by atoms with Crippen molar-refractivity contribution in [2.24, 2.45) is 0 Å². The van der Waals surface area contributed by atoms with Crippen LogP contribution in [0.25, 0.3) is 5.69 Å². The summed E-state index contributed by atoms with van der Waals surface area (Å²) in [5, 5.41) is 7.52. The predicted molar refractivity (Wildman–Crippen MR) is 109 cm³/mol. The first kappa shape index (κ1) is 18.0. The number of para-hydroxylation sites is 1. The summed E-state index contributed by atoms with van der Waals surface area (Å²) in [5.41, 5.74) is 5.70. The van der Waals surface area contributed by atoms with Gasteiger partial charge in [-0.15, -0.1) is 0 Å². The van der Waals surface area contributed by atoms with Crippen LogP contribution in [0.5, 0.6) is 0 Å². The molecular weight excluding hydrogens is 352 g/mol. The van der Waals surface area contributed by atoms with Crippen molar-refractivity contribution in [2.75, 3.05) is 16.8 Å². The third-order valence-electron chi connectivity index (χ3n) is 5.13. The van der Waals surface area contributed by atoms with E-state index in [0.717, 1.165) is 34.7 Å². The minimum atomic E-state index is -0.182. The number of carbonyl (C=O) groups excluding carboxylic acids is 2. The average Bonchev–Trinajstić information content (AvgIpc) is 3.22. The first-order valence-corrected chi connectivity index (χ1v) is 9.29. The Morgan fingerprint density at radius 3 is 2.54 bits per heavy atom. The van der Waals surface area contributed by atoms with Crippen LogP contribution < -0.4 is 10.2 Å². The number of carbonyl (C=O) groups is 2. The van der Waals surface area contributed by atoms with E-state index in [1.165, 1.54) is 0 Å². The number of hydrogen-bond donors (Lipinski definition) is 1. The van der Waals surface area contributed by atoms with Gasteiger partial charge >= 0.3 is 0 Å². The van der Waals surface area contributed by atoms with Gasteiger partial charge in [0.05, 0.1) is 22.6 Å². The normalized spacial score (nSPS) is 12.8. The molecule has 2 aromatic carbocycles. The number of benzene rings is 2. The molecule has 2 heterocycles. The first-order valence-electron chi connectivity index (χ1n) is 9.29. The summed E-state index contributed by atoms with van der Waals surface area (Å²) in [6.45, 7) is 6.00. The van der Waals surface area contributed by atoms with E-state index in [4.69, 9.17) is 0 Å². The van der Waals surface area contributed by atoms with Gasteiger partial charge in [0.25, 0.3) is 5.91 Å². The molecular formula is C22H22N4O2. The van der Waals surface area contributed by atoms with Crippen molar-refractivity contribution in [1.29, 1.82) is 0 Å². The highest BCUT2D eigenvalue weighted by molar-refractivity contribution is 6.06. The Morgan fingerprint density at radius 1 is 1.07 bits per heavy atom. The standard InChI is InChI=1S/C22H22N4O2/c1-14-21(15(2)26(24-14)19-7-5-4-6-8-19)22(28)23-18-9-10-20-17(13-18)11-12-25(20)16(3)27/h4-10,13H,11-12H2,1-3H3,(H,23,28). The molecule has 0 aliphatic carbocycles. The number of amides is 2. The number of anilines is 2. The molecule has 6 nitrogen and oxygen atoms in total. The molecule has 28 heavy (non-hydrogen) atoms. The maximum absolute atomic E-state index is 12.9. The lowest BCUT2D eigenvalue weighted by molar-refractivity contribution is -0.116. The fraction of sp³-hybridized carbons (Fsp3) is 0.227. The van der Waals surface area contributed by atoms with Crippen molar-refractivity contribution in [1.82, 2.24) is 9.78 Å². The molecule has 0 unspecified atom stereocenters. The molecule has 0 fully saturated rings. The minimum Gasteiger partial charge on any atom is -0.322 e. The fourth-order valence-corrected chi connectivity index (χ4v) is 3.79. The van der Waals surface area contributed by atoms with Gasteiger partial charge in [0.1, 0.15) is 0 Å². The van der Waals surface area contributed by atoms with Crippen LogP contribution in [-0.4, -0.2) is 28.1 Å². The van der Waals surface area contributed by atoms with Crippen LogP contribution >= 0.6 is 0 Å². The van der Waals surface area contributed by atoms with Crippen LogP contribution in [0.15, 0.2) is 48.5 Å². The highest BCUT2D eigenvalue weighted by Gasteiger charge is 2.23. The molecule has 2 amide bonds. The van der Waals surface area contributed by atoms with Gasteiger partial charge in [0, 0.05) is 24.8 Å². The molecule has 1 N–H and O–H groups in total. The number of aryl methyl sites for hydroxylation is 1. The molecule has 1 aromatic heterocycles. The average molecular weight is 374 g/mol. The second-order valence-corrected chi connectivity index (χ2v) is 7.01. The predicted octanol–water partition coefficient (Wildman–Crippen LogP) is 3.65. The zero-order chi connectivity index (χ0) is 19.8. The van der Waals surface area contributed by atoms with Crippen molar-refractivity contribution >= 4 is 23.2 Å². The second-order valence-electron chi connectivity index (χ2n) is 7.01. The van der Waals surface area contributed by atoms with Crippen LogP contribution in [-0.2, 0) is 11.2 Å². The number of aromatic nitrogens is 2. The van der Waals surface area contributed by atoms with Crippen molar-refractivity contribution in [3.63, 3.8) is 0 Å². The van der Waals surface area contributed by atoms with Gasteiger partial charge in [-0.25, -0.2) is 4.68 Å². The van der Waals surface area contributed by atoms with Crippen LogP contribution in [0.1, 0.15) is 34.2 Å². The number of nitrogens with one attached hydrogen (secondary N) is 1. The summed E-state index contributed by atoms with van der Waals surface area (Å²) in [6, 6.07) is 15.4. The second kappa shape index (κ2) is 6.96. The summed E-state index contributed by atoms with van der Waals surface area (Å²) in [7, 11) is 0. The Hall–Kier alpha value is -3.41. The van der Waals surface area contributed by atoms with E-state index in [-0.39, 0.29) is 11.8 Å². The highest BCUT2D eigenvalue weighted by atomic mass is 16.2. The summed E-state index contributed by atoms with van der Waals surface area (Å²) in [5.74, 6) is -0.145. The Balaban J connectivity index is 1.60. The number of hydrogen-bond acceptors (Lipinski definition) is 3. The molecule has 0 bridgehead atoms. The van der Waals surface area contributed by atoms with Crippen molar-refractivity contribution in [2.45, 2.75) is 27.2 Å². The Kier molecular flexibility index (Phi) is 4.47. The van der Waals surface area contributed by atoms with E-state index in [2.05, 4.69) is 10.4 Å². The topological polar surface area (TPSA) is 67.2 Å². The van der Waals surface area contributed by atoms with E-state index < -0.39 is 0 Å². The van der Waals surface area contributed by atoms with Gasteiger partial charge in [-0.2, -0.15) is 5.10 Å². The van der Waals surface area contributed by atoms with Crippen LogP contribution in [0.3, 0.4) is 0 Å². The molecule has 0 spiro atoms. The van der Waals surface area contributed by atoms with Gasteiger partial charge < -0.3 is 10.2 Å². The lowest BCUT2D eigenvalue weighted by Gasteiger charge is -2.15. The van der Waals surface area contributed by atoms with Gasteiger partial charge in [-0.3, -0.25) is 9.59 Å². The first-order chi connectivity index (χ1) is 13.5. The lowest BCUT2D eigenvalue weighted by Crippen LogP contribution is -2.25. The largest absolute Gasteiger partial charge is 0.322 e. The van der Waals surface area contributed by atoms with Crippen LogP contribution in [0.4, 0.5) is 11.4 Å².